The van der Waals surface area contributed by atoms with Crippen molar-refractivity contribution in [2.24, 2.45) is 9.98 Å². The van der Waals surface area contributed by atoms with Crippen molar-refractivity contribution in [3.8, 4) is 11.5 Å². The van der Waals surface area contributed by atoms with Crippen LogP contribution in [0.4, 0.5) is 11.4 Å². The lowest BCUT2D eigenvalue weighted by Gasteiger charge is -2.13. The second kappa shape index (κ2) is 12.5. The average Bonchev–Trinajstić information content (AvgIpc) is 2.84. The third-order valence-electron chi connectivity index (χ3n) is 6.33. The molecule has 36 heavy (non-hydrogen) atoms. The Balaban J connectivity index is 1.82. The van der Waals surface area contributed by atoms with Gasteiger partial charge in [-0.05, 0) is 83.3 Å². The molecule has 0 aromatic heterocycles. The van der Waals surface area contributed by atoms with Crippen LogP contribution in [0, 0.1) is 0 Å². The van der Waals surface area contributed by atoms with E-state index in [1.54, 1.807) is 12.4 Å². The fourth-order valence-electron chi connectivity index (χ4n) is 4.35. The lowest BCUT2D eigenvalue weighted by Crippen LogP contribution is -1.97. The van der Waals surface area contributed by atoms with Crippen molar-refractivity contribution in [2.45, 2.75) is 79.1 Å². The number of nitrogens with zero attached hydrogens (tertiary/aromatic N) is 2. The molecular formula is C32H40N2O2. The van der Waals surface area contributed by atoms with Crippen LogP contribution in [0.2, 0.25) is 0 Å². The van der Waals surface area contributed by atoms with E-state index in [0.717, 1.165) is 59.3 Å². The minimum atomic E-state index is 0.241. The summed E-state index contributed by atoms with van der Waals surface area (Å²) in [5.41, 5.74) is 7.42. The topological polar surface area (TPSA) is 65.2 Å². The first-order valence-corrected chi connectivity index (χ1v) is 13.1. The summed E-state index contributed by atoms with van der Waals surface area (Å²) in [6, 6.07) is 15.9. The predicted octanol–water partition coefficient (Wildman–Crippen LogP) is 8.75. The largest absolute Gasteiger partial charge is 0.507 e. The summed E-state index contributed by atoms with van der Waals surface area (Å²) in [6.07, 6.45) is 7.54. The first kappa shape index (κ1) is 27.2. The second-order valence-corrected chi connectivity index (χ2v) is 10.1. The van der Waals surface area contributed by atoms with Crippen LogP contribution >= 0.6 is 0 Å². The zero-order chi connectivity index (χ0) is 26.2. The van der Waals surface area contributed by atoms with Crippen molar-refractivity contribution in [3.63, 3.8) is 0 Å². The van der Waals surface area contributed by atoms with Crippen molar-refractivity contribution in [2.75, 3.05) is 0 Å². The van der Waals surface area contributed by atoms with Crippen LogP contribution in [0.1, 0.15) is 99.6 Å². The van der Waals surface area contributed by atoms with Gasteiger partial charge in [-0.2, -0.15) is 0 Å². The highest BCUT2D eigenvalue weighted by molar-refractivity contribution is 5.87. The summed E-state index contributed by atoms with van der Waals surface area (Å²) in [6.45, 7) is 12.7. The van der Waals surface area contributed by atoms with Gasteiger partial charge in [0.05, 0.1) is 11.4 Å². The van der Waals surface area contributed by atoms with E-state index in [9.17, 15) is 10.2 Å². The van der Waals surface area contributed by atoms with Crippen LogP contribution in [0.15, 0.2) is 58.5 Å². The van der Waals surface area contributed by atoms with Crippen LogP contribution < -0.4 is 0 Å². The van der Waals surface area contributed by atoms with Gasteiger partial charge in [-0.1, -0.05) is 66.5 Å². The van der Waals surface area contributed by atoms with Crippen molar-refractivity contribution < 1.29 is 10.2 Å². The van der Waals surface area contributed by atoms with E-state index >= 15 is 0 Å². The maximum atomic E-state index is 10.8. The molecule has 0 saturated carbocycles. The highest BCUT2D eigenvalue weighted by atomic mass is 16.3. The van der Waals surface area contributed by atoms with Gasteiger partial charge in [-0.3, -0.25) is 9.98 Å². The summed E-state index contributed by atoms with van der Waals surface area (Å²) in [4.78, 5) is 9.20. The molecule has 0 aliphatic carbocycles. The van der Waals surface area contributed by atoms with Crippen molar-refractivity contribution in [3.05, 3.63) is 81.9 Å². The number of phenols is 2. The minimum Gasteiger partial charge on any atom is -0.507 e. The van der Waals surface area contributed by atoms with Crippen LogP contribution in [-0.4, -0.2) is 22.6 Å². The lowest BCUT2D eigenvalue weighted by molar-refractivity contribution is 0.463. The molecule has 0 spiro atoms. The average molecular weight is 485 g/mol. The molecule has 0 aliphatic heterocycles. The molecule has 0 radical (unpaired) electrons. The standard InChI is InChI=1S/C32H40N2O2/c1-7-9-23-15-25(31(35)29(17-23)21(3)4)19-33-27-11-13-28(14-12-27)34-20-26-16-24(10-8-2)18-30(22(5)6)32(26)36/h11-22,35-36H,7-10H2,1-6H3. The zero-order valence-electron chi connectivity index (χ0n) is 22.5. The number of rotatable bonds is 10. The molecule has 4 heteroatoms. The molecular weight excluding hydrogens is 444 g/mol. The van der Waals surface area contributed by atoms with Crippen LogP contribution in [0.25, 0.3) is 0 Å². The van der Waals surface area contributed by atoms with E-state index in [4.69, 9.17) is 0 Å². The highest BCUT2D eigenvalue weighted by Crippen LogP contribution is 2.32. The predicted molar refractivity (Wildman–Crippen MR) is 153 cm³/mol. The number of aromatic hydroxyl groups is 2. The Hall–Kier alpha value is -3.40. The first-order valence-electron chi connectivity index (χ1n) is 13.1. The molecule has 3 rings (SSSR count). The molecule has 3 aromatic carbocycles. The van der Waals surface area contributed by atoms with Crippen molar-refractivity contribution in [1.82, 2.24) is 0 Å². The van der Waals surface area contributed by atoms with Crippen LogP contribution in [-0.2, 0) is 12.8 Å². The van der Waals surface area contributed by atoms with Crippen LogP contribution in [0.5, 0.6) is 11.5 Å². The van der Waals surface area contributed by atoms with Crippen molar-refractivity contribution in [1.29, 1.82) is 0 Å². The lowest BCUT2D eigenvalue weighted by atomic mass is 9.95. The molecule has 0 atom stereocenters. The number of phenolic OH excluding ortho intramolecular Hbond substituents is 2. The fraction of sp³-hybridized carbons (Fsp3) is 0.375. The number of benzene rings is 3. The number of hydrogen-bond donors (Lipinski definition) is 2. The third kappa shape index (κ3) is 6.84. The molecule has 2 N–H and O–H groups in total. The van der Waals surface area contributed by atoms with Gasteiger partial charge >= 0.3 is 0 Å². The quantitative estimate of drug-likeness (QED) is 0.282. The Bertz CT molecular complexity index is 1130. The Labute approximate surface area is 216 Å². The maximum absolute atomic E-state index is 10.8. The van der Waals surface area contributed by atoms with Crippen molar-refractivity contribution >= 4 is 23.8 Å². The molecule has 3 aromatic rings. The van der Waals surface area contributed by atoms with Gasteiger partial charge in [0.1, 0.15) is 11.5 Å². The number of aliphatic imine (C=N–C) groups is 2. The first-order chi connectivity index (χ1) is 17.2. The Morgan fingerprint density at radius 2 is 1.00 bits per heavy atom. The van der Waals surface area contributed by atoms with Gasteiger partial charge in [0.15, 0.2) is 0 Å². The third-order valence-corrected chi connectivity index (χ3v) is 6.33. The molecule has 0 amide bonds. The summed E-state index contributed by atoms with van der Waals surface area (Å²) < 4.78 is 0. The normalized spacial score (nSPS) is 12.0. The summed E-state index contributed by atoms with van der Waals surface area (Å²) in [5, 5.41) is 21.5. The maximum Gasteiger partial charge on any atom is 0.127 e. The molecule has 0 unspecified atom stereocenters. The van der Waals surface area contributed by atoms with E-state index in [1.807, 2.05) is 36.4 Å². The molecule has 0 saturated heterocycles. The fourth-order valence-corrected chi connectivity index (χ4v) is 4.35. The van der Waals surface area contributed by atoms with Gasteiger partial charge in [0.25, 0.3) is 0 Å². The molecule has 0 heterocycles. The zero-order valence-corrected chi connectivity index (χ0v) is 22.5. The van der Waals surface area contributed by atoms with Gasteiger partial charge in [-0.25, -0.2) is 0 Å². The van der Waals surface area contributed by atoms with E-state index < -0.39 is 0 Å². The number of hydrogen-bond acceptors (Lipinski definition) is 4. The van der Waals surface area contributed by atoms with Crippen LogP contribution in [0.3, 0.4) is 0 Å². The molecule has 4 nitrogen and oxygen atoms in total. The van der Waals surface area contributed by atoms with Gasteiger partial charge < -0.3 is 10.2 Å². The van der Waals surface area contributed by atoms with Gasteiger partial charge in [0.2, 0.25) is 0 Å². The molecule has 0 aliphatic rings. The highest BCUT2D eigenvalue weighted by Gasteiger charge is 2.13. The van der Waals surface area contributed by atoms with E-state index in [1.165, 1.54) is 11.1 Å². The number of aryl methyl sites for hydroxylation is 2. The monoisotopic (exact) mass is 484 g/mol. The molecule has 0 bridgehead atoms. The van der Waals surface area contributed by atoms with E-state index in [2.05, 4.69) is 63.7 Å². The summed E-state index contributed by atoms with van der Waals surface area (Å²) in [7, 11) is 0. The van der Waals surface area contributed by atoms with E-state index in [0.29, 0.717) is 11.5 Å². The Kier molecular flexibility index (Phi) is 9.46. The minimum absolute atomic E-state index is 0.241. The smallest absolute Gasteiger partial charge is 0.127 e. The summed E-state index contributed by atoms with van der Waals surface area (Å²) in [5.74, 6) is 1.09. The van der Waals surface area contributed by atoms with Gasteiger partial charge in [0, 0.05) is 23.6 Å². The second-order valence-electron chi connectivity index (χ2n) is 10.1. The SMILES string of the molecule is CCCc1cc(C=Nc2ccc(N=Cc3cc(CCC)cc(C(C)C)c3O)cc2)c(O)c(C(C)C)c1. The molecule has 190 valence electrons. The Morgan fingerprint density at radius 1 is 0.639 bits per heavy atom. The summed E-state index contributed by atoms with van der Waals surface area (Å²) >= 11 is 0. The van der Waals surface area contributed by atoms with Gasteiger partial charge in [-0.15, -0.1) is 0 Å². The Morgan fingerprint density at radius 3 is 1.31 bits per heavy atom. The molecule has 0 fully saturated rings. The van der Waals surface area contributed by atoms with E-state index in [-0.39, 0.29) is 11.8 Å².